The Balaban J connectivity index is 2.31. The van der Waals surface area contributed by atoms with Gasteiger partial charge in [0.25, 0.3) is 0 Å². The predicted molar refractivity (Wildman–Crippen MR) is 81.6 cm³/mol. The first-order valence-electron chi connectivity index (χ1n) is 5.46. The molecule has 2 N–H and O–H groups in total. The maximum absolute atomic E-state index is 11.1. The molecule has 0 amide bonds. The summed E-state index contributed by atoms with van der Waals surface area (Å²) in [6.07, 6.45) is 0. The number of anilines is 2. The van der Waals surface area contributed by atoms with Gasteiger partial charge in [-0.2, -0.15) is 0 Å². The van der Waals surface area contributed by atoms with Gasteiger partial charge in [-0.05, 0) is 34.1 Å². The number of nitrogen functional groups attached to an aromatic ring is 1. The third-order valence-corrected chi connectivity index (χ3v) is 4.34. The molecule has 0 saturated heterocycles. The quantitative estimate of drug-likeness (QED) is 0.523. The fourth-order valence-electron chi connectivity index (χ4n) is 1.81. The fraction of sp³-hybridized carbons (Fsp3) is 0.167. The standard InChI is InChI=1S/C12H12BrN3O2S/c1-15(6-9-5-8(13)7-19-9)11-4-2-3-10(14)12(11)16(17)18/h2-5,7H,6,14H2,1H3. The third kappa shape index (κ3) is 3.05. The van der Waals surface area contributed by atoms with Crippen molar-refractivity contribution in [3.05, 3.63) is 49.1 Å². The van der Waals surface area contributed by atoms with Gasteiger partial charge in [0, 0.05) is 21.8 Å². The summed E-state index contributed by atoms with van der Waals surface area (Å²) in [6.45, 7) is 0.598. The highest BCUT2D eigenvalue weighted by atomic mass is 79.9. The smallest absolute Gasteiger partial charge is 0.315 e. The second-order valence-corrected chi connectivity index (χ2v) is 5.97. The summed E-state index contributed by atoms with van der Waals surface area (Å²) in [5.74, 6) is 0. The van der Waals surface area contributed by atoms with E-state index < -0.39 is 4.92 Å². The third-order valence-electron chi connectivity index (χ3n) is 2.65. The van der Waals surface area contributed by atoms with Crippen LogP contribution in [0.3, 0.4) is 0 Å². The number of benzene rings is 1. The Labute approximate surface area is 122 Å². The summed E-state index contributed by atoms with van der Waals surface area (Å²) in [6, 6.07) is 6.96. The second kappa shape index (κ2) is 5.58. The Kier molecular flexibility index (Phi) is 4.06. The summed E-state index contributed by atoms with van der Waals surface area (Å²) in [5.41, 5.74) is 6.35. The van der Waals surface area contributed by atoms with Crippen LogP contribution >= 0.6 is 27.3 Å². The molecular weight excluding hydrogens is 330 g/mol. The zero-order valence-corrected chi connectivity index (χ0v) is 12.6. The Morgan fingerprint density at radius 2 is 2.26 bits per heavy atom. The van der Waals surface area contributed by atoms with Gasteiger partial charge < -0.3 is 10.6 Å². The topological polar surface area (TPSA) is 72.4 Å². The molecule has 2 rings (SSSR count). The number of thiophene rings is 1. The number of nitrogens with zero attached hydrogens (tertiary/aromatic N) is 2. The molecule has 0 aliphatic heterocycles. The number of nitro benzene ring substituents is 1. The molecule has 100 valence electrons. The van der Waals surface area contributed by atoms with Crippen LogP contribution in [0.4, 0.5) is 17.1 Å². The average molecular weight is 342 g/mol. The zero-order chi connectivity index (χ0) is 14.0. The Morgan fingerprint density at radius 1 is 1.53 bits per heavy atom. The summed E-state index contributed by atoms with van der Waals surface area (Å²) in [7, 11) is 1.81. The van der Waals surface area contributed by atoms with Gasteiger partial charge in [0.15, 0.2) is 0 Å². The van der Waals surface area contributed by atoms with Gasteiger partial charge >= 0.3 is 5.69 Å². The van der Waals surface area contributed by atoms with Crippen LogP contribution in [-0.2, 0) is 6.54 Å². The lowest BCUT2D eigenvalue weighted by atomic mass is 10.2. The summed E-state index contributed by atoms with van der Waals surface area (Å²) in [4.78, 5) is 13.6. The first-order valence-corrected chi connectivity index (χ1v) is 7.13. The minimum absolute atomic E-state index is 0.0411. The number of hydrogen-bond acceptors (Lipinski definition) is 5. The van der Waals surface area contributed by atoms with Crippen molar-refractivity contribution >= 4 is 44.3 Å². The number of halogens is 1. The molecule has 19 heavy (non-hydrogen) atoms. The highest BCUT2D eigenvalue weighted by Crippen LogP contribution is 2.34. The summed E-state index contributed by atoms with van der Waals surface area (Å²) >= 11 is 4.99. The number of nitro groups is 1. The van der Waals surface area contributed by atoms with Crippen molar-refractivity contribution < 1.29 is 4.92 Å². The number of nitrogens with two attached hydrogens (primary N) is 1. The monoisotopic (exact) mass is 341 g/mol. The molecule has 1 aromatic heterocycles. The summed E-state index contributed by atoms with van der Waals surface area (Å²) in [5, 5.41) is 13.1. The van der Waals surface area contributed by atoms with E-state index in [-0.39, 0.29) is 11.4 Å². The van der Waals surface area contributed by atoms with Crippen molar-refractivity contribution in [3.8, 4) is 0 Å². The number of para-hydroxylation sites is 1. The molecule has 0 bridgehead atoms. The van der Waals surface area contributed by atoms with E-state index in [0.29, 0.717) is 12.2 Å². The predicted octanol–water partition coefficient (Wildman–Crippen LogP) is 3.64. The van der Waals surface area contributed by atoms with Crippen LogP contribution < -0.4 is 10.6 Å². The molecule has 0 fully saturated rings. The maximum atomic E-state index is 11.1. The van der Waals surface area contributed by atoms with Crippen molar-refractivity contribution in [1.29, 1.82) is 0 Å². The normalized spacial score (nSPS) is 10.4. The Morgan fingerprint density at radius 3 is 2.84 bits per heavy atom. The van der Waals surface area contributed by atoms with Crippen LogP contribution in [0.1, 0.15) is 4.88 Å². The number of hydrogen-bond donors (Lipinski definition) is 1. The largest absolute Gasteiger partial charge is 0.393 e. The minimum Gasteiger partial charge on any atom is -0.393 e. The molecule has 0 atom stereocenters. The van der Waals surface area contributed by atoms with Crippen LogP contribution in [0.5, 0.6) is 0 Å². The van der Waals surface area contributed by atoms with E-state index in [1.165, 1.54) is 6.07 Å². The van der Waals surface area contributed by atoms with Crippen LogP contribution in [0.2, 0.25) is 0 Å². The molecule has 0 unspecified atom stereocenters. The lowest BCUT2D eigenvalue weighted by Crippen LogP contribution is -2.17. The Hall–Kier alpha value is -1.60. The van der Waals surface area contributed by atoms with Crippen LogP contribution in [0.25, 0.3) is 0 Å². The number of rotatable bonds is 4. The van der Waals surface area contributed by atoms with E-state index in [1.54, 1.807) is 23.5 Å². The van der Waals surface area contributed by atoms with Crippen LogP contribution in [-0.4, -0.2) is 12.0 Å². The first-order chi connectivity index (χ1) is 8.99. The molecule has 0 spiro atoms. The molecule has 0 saturated carbocycles. The van der Waals surface area contributed by atoms with E-state index in [1.807, 2.05) is 23.4 Å². The lowest BCUT2D eigenvalue weighted by Gasteiger charge is -2.18. The van der Waals surface area contributed by atoms with Gasteiger partial charge in [-0.15, -0.1) is 11.3 Å². The van der Waals surface area contributed by atoms with Gasteiger partial charge in [-0.25, -0.2) is 0 Å². The van der Waals surface area contributed by atoms with E-state index in [0.717, 1.165) is 9.35 Å². The van der Waals surface area contributed by atoms with Crippen LogP contribution in [0.15, 0.2) is 34.1 Å². The van der Waals surface area contributed by atoms with E-state index >= 15 is 0 Å². The van der Waals surface area contributed by atoms with E-state index in [2.05, 4.69) is 15.9 Å². The summed E-state index contributed by atoms with van der Waals surface area (Å²) < 4.78 is 1.02. The van der Waals surface area contributed by atoms with Gasteiger partial charge in [0.2, 0.25) is 0 Å². The molecular formula is C12H12BrN3O2S. The zero-order valence-electron chi connectivity index (χ0n) is 10.2. The van der Waals surface area contributed by atoms with E-state index in [9.17, 15) is 10.1 Å². The Bertz CT molecular complexity index is 615. The van der Waals surface area contributed by atoms with Crippen LogP contribution in [0, 0.1) is 10.1 Å². The van der Waals surface area contributed by atoms with Gasteiger partial charge in [-0.3, -0.25) is 10.1 Å². The molecule has 0 aliphatic rings. The van der Waals surface area contributed by atoms with Crippen molar-refractivity contribution in [3.63, 3.8) is 0 Å². The molecule has 7 heteroatoms. The molecule has 0 radical (unpaired) electrons. The van der Waals surface area contributed by atoms with Gasteiger partial charge in [0.05, 0.1) is 11.5 Å². The first kappa shape index (κ1) is 13.8. The maximum Gasteiger partial charge on any atom is 0.315 e. The van der Waals surface area contributed by atoms with Crippen molar-refractivity contribution in [2.45, 2.75) is 6.54 Å². The fourth-order valence-corrected chi connectivity index (χ4v) is 3.31. The molecule has 0 aliphatic carbocycles. The van der Waals surface area contributed by atoms with Crippen molar-refractivity contribution in [2.24, 2.45) is 0 Å². The van der Waals surface area contributed by atoms with E-state index in [4.69, 9.17) is 5.73 Å². The second-order valence-electron chi connectivity index (χ2n) is 4.06. The molecule has 1 aromatic carbocycles. The minimum atomic E-state index is -0.439. The van der Waals surface area contributed by atoms with Gasteiger partial charge in [0.1, 0.15) is 11.4 Å². The molecule has 2 aromatic rings. The molecule has 1 heterocycles. The highest BCUT2D eigenvalue weighted by molar-refractivity contribution is 9.10. The highest BCUT2D eigenvalue weighted by Gasteiger charge is 2.20. The molecule has 5 nitrogen and oxygen atoms in total. The average Bonchev–Trinajstić information content (AvgIpc) is 2.73. The van der Waals surface area contributed by atoms with Gasteiger partial charge in [-0.1, -0.05) is 6.07 Å². The SMILES string of the molecule is CN(Cc1cc(Br)cs1)c1cccc(N)c1[N+](=O)[O-]. The lowest BCUT2D eigenvalue weighted by molar-refractivity contribution is -0.383. The van der Waals surface area contributed by atoms with Crippen molar-refractivity contribution in [2.75, 3.05) is 17.7 Å². The van der Waals surface area contributed by atoms with Crippen molar-refractivity contribution in [1.82, 2.24) is 0 Å².